The van der Waals surface area contributed by atoms with Gasteiger partial charge >= 0.3 is 5.97 Å². The lowest BCUT2D eigenvalue weighted by atomic mass is 10.1. The highest BCUT2D eigenvalue weighted by Gasteiger charge is 2.28. The van der Waals surface area contributed by atoms with Crippen molar-refractivity contribution in [3.8, 4) is 17.1 Å². The average Bonchev–Trinajstić information content (AvgIpc) is 3.53. The number of aryl methyl sites for hydroxylation is 1. The fourth-order valence-electron chi connectivity index (χ4n) is 3.93. The van der Waals surface area contributed by atoms with Gasteiger partial charge in [0.15, 0.2) is 11.0 Å². The van der Waals surface area contributed by atoms with Crippen LogP contribution in [0.3, 0.4) is 0 Å². The summed E-state index contributed by atoms with van der Waals surface area (Å²) in [6.45, 7) is 4.92. The van der Waals surface area contributed by atoms with Crippen molar-refractivity contribution in [1.29, 1.82) is 0 Å². The van der Waals surface area contributed by atoms with E-state index in [0.29, 0.717) is 34.8 Å². The minimum absolute atomic E-state index is 0.154. The van der Waals surface area contributed by atoms with Crippen LogP contribution in [0, 0.1) is 0 Å². The Labute approximate surface area is 213 Å². The molecule has 3 aromatic rings. The van der Waals surface area contributed by atoms with E-state index in [1.165, 1.54) is 23.1 Å². The Morgan fingerprint density at radius 3 is 2.71 bits per heavy atom. The van der Waals surface area contributed by atoms with E-state index in [2.05, 4.69) is 22.4 Å². The minimum Gasteiger partial charge on any atom is -0.494 e. The van der Waals surface area contributed by atoms with E-state index in [9.17, 15) is 9.59 Å². The molecule has 10 heteroatoms. The zero-order valence-corrected chi connectivity index (χ0v) is 21.9. The highest BCUT2D eigenvalue weighted by molar-refractivity contribution is 7.99. The predicted molar refractivity (Wildman–Crippen MR) is 138 cm³/mol. The Morgan fingerprint density at radius 2 is 1.97 bits per heavy atom. The number of nitrogens with zero attached hydrogens (tertiary/aromatic N) is 3. The molecule has 8 nitrogen and oxygen atoms in total. The number of amides is 1. The topological polar surface area (TPSA) is 95.3 Å². The summed E-state index contributed by atoms with van der Waals surface area (Å²) in [6, 6.07) is 7.78. The zero-order valence-electron chi connectivity index (χ0n) is 20.3. The van der Waals surface area contributed by atoms with Crippen molar-refractivity contribution in [2.45, 2.75) is 51.1 Å². The number of hydrogen-bond acceptors (Lipinski definition) is 8. The molecule has 0 spiro atoms. The van der Waals surface area contributed by atoms with Crippen molar-refractivity contribution in [3.05, 3.63) is 40.3 Å². The van der Waals surface area contributed by atoms with Gasteiger partial charge in [-0.2, -0.15) is 0 Å². The van der Waals surface area contributed by atoms with Gasteiger partial charge in [-0.3, -0.25) is 4.79 Å². The lowest BCUT2D eigenvalue weighted by molar-refractivity contribution is -0.113. The SMILES string of the molecule is CCCCOc1ccc(-c2nnc(SCC(=O)Nc3sc4c(c3C(=O)OCC)CCC4)n2C)cc1. The maximum absolute atomic E-state index is 12.7. The first-order chi connectivity index (χ1) is 17.0. The molecule has 0 saturated carbocycles. The molecular weight excluding hydrogens is 484 g/mol. The summed E-state index contributed by atoms with van der Waals surface area (Å²) in [5.74, 6) is 1.14. The molecular formula is C25H30N4O4S2. The average molecular weight is 515 g/mol. The predicted octanol–water partition coefficient (Wildman–Crippen LogP) is 5.12. The lowest BCUT2D eigenvalue weighted by Crippen LogP contribution is -2.17. The number of esters is 1. The molecule has 0 aliphatic heterocycles. The lowest BCUT2D eigenvalue weighted by Gasteiger charge is -2.08. The van der Waals surface area contributed by atoms with E-state index in [0.717, 1.165) is 53.9 Å². The maximum Gasteiger partial charge on any atom is 0.341 e. The fourth-order valence-corrected chi connectivity index (χ4v) is 5.94. The number of rotatable bonds is 11. The monoisotopic (exact) mass is 514 g/mol. The van der Waals surface area contributed by atoms with Crippen molar-refractivity contribution >= 4 is 40.0 Å². The Bertz CT molecular complexity index is 1190. The zero-order chi connectivity index (χ0) is 24.8. The van der Waals surface area contributed by atoms with Gasteiger partial charge in [0.1, 0.15) is 10.8 Å². The molecule has 4 rings (SSSR count). The molecule has 186 valence electrons. The molecule has 1 N–H and O–H groups in total. The third-order valence-electron chi connectivity index (χ3n) is 5.70. The first kappa shape index (κ1) is 25.2. The summed E-state index contributed by atoms with van der Waals surface area (Å²) in [6.07, 6.45) is 4.93. The summed E-state index contributed by atoms with van der Waals surface area (Å²) < 4.78 is 12.8. The molecule has 1 aliphatic carbocycles. The van der Waals surface area contributed by atoms with Gasteiger partial charge in [0.2, 0.25) is 5.91 Å². The van der Waals surface area contributed by atoms with E-state index in [1.807, 2.05) is 35.9 Å². The number of fused-ring (bicyclic) bond motifs is 1. The van der Waals surface area contributed by atoms with E-state index in [4.69, 9.17) is 9.47 Å². The van der Waals surface area contributed by atoms with Crippen LogP contribution >= 0.6 is 23.1 Å². The van der Waals surface area contributed by atoms with Gasteiger partial charge < -0.3 is 19.4 Å². The van der Waals surface area contributed by atoms with Crippen molar-refractivity contribution in [1.82, 2.24) is 14.8 Å². The Morgan fingerprint density at radius 1 is 1.17 bits per heavy atom. The molecule has 1 aliphatic rings. The fraction of sp³-hybridized carbons (Fsp3) is 0.440. The van der Waals surface area contributed by atoms with Gasteiger partial charge in [0, 0.05) is 17.5 Å². The quantitative estimate of drug-likeness (QED) is 0.216. The van der Waals surface area contributed by atoms with Gasteiger partial charge in [-0.05, 0) is 62.4 Å². The van der Waals surface area contributed by atoms with E-state index in [-0.39, 0.29) is 17.6 Å². The standard InChI is InChI=1S/C25H30N4O4S2/c1-4-6-14-33-17-12-10-16(11-13-17)22-27-28-25(29(22)3)34-15-20(30)26-23-21(24(31)32-5-2)18-8-7-9-19(18)35-23/h10-13H,4-9,14-15H2,1-3H3,(H,26,30). The van der Waals surface area contributed by atoms with E-state index in [1.54, 1.807) is 6.92 Å². The van der Waals surface area contributed by atoms with Crippen molar-refractivity contribution in [2.75, 3.05) is 24.3 Å². The number of nitrogens with one attached hydrogen (secondary N) is 1. The number of thioether (sulfide) groups is 1. The molecule has 0 saturated heterocycles. The van der Waals surface area contributed by atoms with Gasteiger partial charge in [0.25, 0.3) is 0 Å². The van der Waals surface area contributed by atoms with Crippen molar-refractivity contribution < 1.29 is 19.1 Å². The van der Waals surface area contributed by atoms with Crippen molar-refractivity contribution in [3.63, 3.8) is 0 Å². The summed E-state index contributed by atoms with van der Waals surface area (Å²) in [5.41, 5.74) is 2.47. The van der Waals surface area contributed by atoms with Crippen LogP contribution in [0.2, 0.25) is 0 Å². The largest absolute Gasteiger partial charge is 0.494 e. The van der Waals surface area contributed by atoms with Crippen LogP contribution in [0.1, 0.15) is 53.9 Å². The highest BCUT2D eigenvalue weighted by atomic mass is 32.2. The number of anilines is 1. The number of carbonyl (C=O) groups is 2. The van der Waals surface area contributed by atoms with Gasteiger partial charge in [-0.15, -0.1) is 21.5 Å². The molecule has 2 heterocycles. The molecule has 0 atom stereocenters. The summed E-state index contributed by atoms with van der Waals surface area (Å²) in [5, 5.41) is 12.7. The van der Waals surface area contributed by atoms with Crippen LogP contribution in [-0.2, 0) is 29.4 Å². The number of carbonyl (C=O) groups excluding carboxylic acids is 2. The summed E-state index contributed by atoms with van der Waals surface area (Å²) in [4.78, 5) is 26.4. The van der Waals surface area contributed by atoms with Crippen molar-refractivity contribution in [2.24, 2.45) is 7.05 Å². The van der Waals surface area contributed by atoms with Crippen LogP contribution in [0.25, 0.3) is 11.4 Å². The van der Waals surface area contributed by atoms with Crippen LogP contribution in [0.4, 0.5) is 5.00 Å². The Balaban J connectivity index is 1.38. The van der Waals surface area contributed by atoms with E-state index < -0.39 is 0 Å². The van der Waals surface area contributed by atoms with Gasteiger partial charge in [0.05, 0.1) is 24.5 Å². The minimum atomic E-state index is -0.366. The second-order valence-electron chi connectivity index (χ2n) is 8.21. The molecule has 0 unspecified atom stereocenters. The number of unbranched alkanes of at least 4 members (excludes halogenated alkanes) is 1. The Hall–Kier alpha value is -2.85. The first-order valence-electron chi connectivity index (χ1n) is 11.9. The molecule has 0 bridgehead atoms. The molecule has 1 amide bonds. The number of hydrogen-bond donors (Lipinski definition) is 1. The van der Waals surface area contributed by atoms with Crippen LogP contribution < -0.4 is 10.1 Å². The Kier molecular flexibility index (Phi) is 8.46. The second-order valence-corrected chi connectivity index (χ2v) is 10.3. The normalized spacial score (nSPS) is 12.4. The smallest absolute Gasteiger partial charge is 0.341 e. The molecule has 0 fully saturated rings. The van der Waals surface area contributed by atoms with Crippen LogP contribution in [-0.4, -0.2) is 45.6 Å². The van der Waals surface area contributed by atoms with Crippen LogP contribution in [0.5, 0.6) is 5.75 Å². The number of thiophene rings is 1. The van der Waals surface area contributed by atoms with Gasteiger partial charge in [-0.25, -0.2) is 4.79 Å². The molecule has 2 aromatic heterocycles. The third kappa shape index (κ3) is 5.87. The summed E-state index contributed by atoms with van der Waals surface area (Å²) in [7, 11) is 1.88. The first-order valence-corrected chi connectivity index (χ1v) is 13.7. The van der Waals surface area contributed by atoms with Gasteiger partial charge in [-0.1, -0.05) is 25.1 Å². The third-order valence-corrected chi connectivity index (χ3v) is 7.93. The highest BCUT2D eigenvalue weighted by Crippen LogP contribution is 2.39. The van der Waals surface area contributed by atoms with Crippen LogP contribution in [0.15, 0.2) is 29.4 Å². The summed E-state index contributed by atoms with van der Waals surface area (Å²) >= 11 is 2.78. The number of aromatic nitrogens is 3. The molecule has 35 heavy (non-hydrogen) atoms. The van der Waals surface area contributed by atoms with E-state index >= 15 is 0 Å². The molecule has 0 radical (unpaired) electrons. The number of ether oxygens (including phenoxy) is 2. The second kappa shape index (κ2) is 11.7. The molecule has 1 aromatic carbocycles. The number of benzene rings is 1. The maximum atomic E-state index is 12.7.